The van der Waals surface area contributed by atoms with Crippen molar-refractivity contribution in [2.24, 2.45) is 22.7 Å². The van der Waals surface area contributed by atoms with Crippen LogP contribution >= 0.6 is 15.9 Å². The van der Waals surface area contributed by atoms with Crippen LogP contribution in [0.5, 0.6) is 0 Å². The minimum atomic E-state index is 0.00868. The molecule has 0 spiro atoms. The molecule has 21 heavy (non-hydrogen) atoms. The van der Waals surface area contributed by atoms with E-state index < -0.39 is 0 Å². The number of amides is 1. The van der Waals surface area contributed by atoms with Gasteiger partial charge in [0.2, 0.25) is 5.91 Å². The molecular formula is C18H30BrNO. The van der Waals surface area contributed by atoms with Crippen molar-refractivity contribution >= 4 is 21.8 Å². The third-order valence-electron chi connectivity index (χ3n) is 6.23. The molecule has 0 aromatic heterocycles. The van der Waals surface area contributed by atoms with Gasteiger partial charge in [0.25, 0.3) is 0 Å². The largest absolute Gasteiger partial charge is 0.341 e. The molecule has 4 aliphatic rings. The Balaban J connectivity index is 1.79. The van der Waals surface area contributed by atoms with E-state index in [0.29, 0.717) is 11.3 Å². The summed E-state index contributed by atoms with van der Waals surface area (Å²) in [6.45, 7) is 6.50. The normalized spacial score (nSPS) is 40.5. The number of rotatable bonds is 6. The van der Waals surface area contributed by atoms with Crippen molar-refractivity contribution in [1.29, 1.82) is 0 Å². The fourth-order valence-corrected chi connectivity index (χ4v) is 6.50. The maximum Gasteiger partial charge on any atom is 0.228 e. The van der Waals surface area contributed by atoms with Crippen molar-refractivity contribution < 1.29 is 4.79 Å². The topological polar surface area (TPSA) is 20.3 Å². The van der Waals surface area contributed by atoms with Crippen molar-refractivity contribution in [2.45, 2.75) is 65.2 Å². The molecular weight excluding hydrogens is 326 g/mol. The molecule has 4 fully saturated rings. The summed E-state index contributed by atoms with van der Waals surface area (Å²) in [7, 11) is 0. The Hall–Kier alpha value is -0.0500. The average molecular weight is 356 g/mol. The van der Waals surface area contributed by atoms with Crippen LogP contribution in [-0.2, 0) is 4.79 Å². The third-order valence-corrected chi connectivity index (χ3v) is 6.59. The van der Waals surface area contributed by atoms with Gasteiger partial charge >= 0.3 is 0 Å². The lowest BCUT2D eigenvalue weighted by Gasteiger charge is -2.61. The minimum absolute atomic E-state index is 0.00868. The van der Waals surface area contributed by atoms with E-state index in [1.54, 1.807) is 0 Å². The molecule has 2 unspecified atom stereocenters. The highest BCUT2D eigenvalue weighted by molar-refractivity contribution is 9.09. The highest BCUT2D eigenvalue weighted by Gasteiger charge is 2.59. The maximum absolute atomic E-state index is 13.3. The highest BCUT2D eigenvalue weighted by Crippen LogP contribution is 2.65. The molecule has 0 aromatic carbocycles. The Kier molecular flexibility index (Phi) is 4.42. The van der Waals surface area contributed by atoms with Crippen molar-refractivity contribution in [3.8, 4) is 0 Å². The summed E-state index contributed by atoms with van der Waals surface area (Å²) in [6, 6.07) is 0. The monoisotopic (exact) mass is 355 g/mol. The molecule has 0 N–H and O–H groups in total. The summed E-state index contributed by atoms with van der Waals surface area (Å²) in [5.41, 5.74) is 0.472. The first-order valence-corrected chi connectivity index (χ1v) is 9.98. The molecule has 0 radical (unpaired) electrons. The van der Waals surface area contributed by atoms with E-state index in [9.17, 15) is 4.79 Å². The van der Waals surface area contributed by atoms with Gasteiger partial charge in [-0.1, -0.05) is 36.2 Å². The smallest absolute Gasteiger partial charge is 0.228 e. The average Bonchev–Trinajstić information content (AvgIpc) is 2.40. The summed E-state index contributed by atoms with van der Waals surface area (Å²) >= 11 is 3.54. The number of hydrogen-bond acceptors (Lipinski definition) is 1. The van der Waals surface area contributed by atoms with Gasteiger partial charge in [-0.15, -0.1) is 0 Å². The van der Waals surface area contributed by atoms with E-state index in [-0.39, 0.29) is 5.41 Å². The van der Waals surface area contributed by atoms with E-state index in [0.717, 1.165) is 43.1 Å². The van der Waals surface area contributed by atoms with Gasteiger partial charge in [0.05, 0.1) is 5.41 Å². The van der Waals surface area contributed by atoms with Crippen LogP contribution in [0, 0.1) is 22.7 Å². The Morgan fingerprint density at radius 2 is 1.86 bits per heavy atom. The van der Waals surface area contributed by atoms with Crippen LogP contribution < -0.4 is 0 Å². The van der Waals surface area contributed by atoms with Crippen LogP contribution in [0.4, 0.5) is 0 Å². The Labute approximate surface area is 138 Å². The molecule has 4 bridgehead atoms. The van der Waals surface area contributed by atoms with Gasteiger partial charge in [-0.2, -0.15) is 0 Å². The molecule has 1 amide bonds. The van der Waals surface area contributed by atoms with Crippen LogP contribution in [0.25, 0.3) is 0 Å². The highest BCUT2D eigenvalue weighted by atomic mass is 79.9. The molecule has 2 nitrogen and oxygen atoms in total. The lowest BCUT2D eigenvalue weighted by Crippen LogP contribution is -2.57. The van der Waals surface area contributed by atoms with Gasteiger partial charge in [0.15, 0.2) is 0 Å². The number of unbranched alkanes of at least 4 members (excludes halogenated alkanes) is 1. The second-order valence-corrected chi connectivity index (χ2v) is 9.18. The van der Waals surface area contributed by atoms with Crippen molar-refractivity contribution in [3.05, 3.63) is 0 Å². The van der Waals surface area contributed by atoms with Crippen LogP contribution in [0.1, 0.15) is 65.2 Å². The van der Waals surface area contributed by atoms with E-state index in [1.807, 2.05) is 0 Å². The second-order valence-electron chi connectivity index (χ2n) is 8.39. The first-order valence-electron chi connectivity index (χ1n) is 8.86. The zero-order valence-electron chi connectivity index (χ0n) is 13.7. The van der Waals surface area contributed by atoms with Crippen molar-refractivity contribution in [1.82, 2.24) is 4.90 Å². The number of carbonyl (C=O) groups excluding carboxylic acids is 1. The SMILES string of the molecule is CCCCN(CCBr)C(=O)C12CC3CC(CC(C)(C3)C1)C2. The fourth-order valence-electron chi connectivity index (χ4n) is 6.07. The number of nitrogens with zero attached hydrogens (tertiary/aromatic N) is 1. The summed E-state index contributed by atoms with van der Waals surface area (Å²) in [5, 5.41) is 0.905. The molecule has 2 atom stereocenters. The predicted octanol–water partition coefficient (Wildman–Crippen LogP) is 4.62. The Morgan fingerprint density at radius 3 is 2.38 bits per heavy atom. The fraction of sp³-hybridized carbons (Fsp3) is 0.944. The lowest BCUT2D eigenvalue weighted by atomic mass is 9.44. The molecule has 4 saturated carbocycles. The van der Waals surface area contributed by atoms with Gasteiger partial charge in [-0.05, 0) is 62.2 Å². The molecule has 4 aliphatic carbocycles. The van der Waals surface area contributed by atoms with E-state index in [4.69, 9.17) is 0 Å². The quantitative estimate of drug-likeness (QED) is 0.636. The van der Waals surface area contributed by atoms with Crippen LogP contribution in [0.15, 0.2) is 0 Å². The number of alkyl halides is 1. The summed E-state index contributed by atoms with van der Waals surface area (Å²) in [6.07, 6.45) is 10.00. The van der Waals surface area contributed by atoms with Crippen LogP contribution in [0.2, 0.25) is 0 Å². The Morgan fingerprint density at radius 1 is 1.19 bits per heavy atom. The molecule has 4 rings (SSSR count). The zero-order valence-corrected chi connectivity index (χ0v) is 15.3. The molecule has 120 valence electrons. The first kappa shape index (κ1) is 15.8. The maximum atomic E-state index is 13.3. The number of halogens is 1. The first-order chi connectivity index (χ1) is 10.0. The van der Waals surface area contributed by atoms with Gasteiger partial charge in [-0.25, -0.2) is 0 Å². The van der Waals surface area contributed by atoms with Gasteiger partial charge in [0.1, 0.15) is 0 Å². The van der Waals surface area contributed by atoms with Crippen molar-refractivity contribution in [3.63, 3.8) is 0 Å². The molecule has 0 saturated heterocycles. The van der Waals surface area contributed by atoms with E-state index in [1.165, 1.54) is 38.5 Å². The van der Waals surface area contributed by atoms with E-state index >= 15 is 0 Å². The van der Waals surface area contributed by atoms with Gasteiger partial charge in [-0.3, -0.25) is 4.79 Å². The molecule has 3 heteroatoms. The zero-order chi connectivity index (χ0) is 15.1. The van der Waals surface area contributed by atoms with Crippen molar-refractivity contribution in [2.75, 3.05) is 18.4 Å². The molecule has 0 aliphatic heterocycles. The minimum Gasteiger partial charge on any atom is -0.341 e. The van der Waals surface area contributed by atoms with Crippen LogP contribution in [-0.4, -0.2) is 29.2 Å². The summed E-state index contributed by atoms with van der Waals surface area (Å²) in [4.78, 5) is 15.5. The predicted molar refractivity (Wildman–Crippen MR) is 90.5 cm³/mol. The van der Waals surface area contributed by atoms with Gasteiger partial charge < -0.3 is 4.90 Å². The third kappa shape index (κ3) is 2.92. The molecule has 0 aromatic rings. The standard InChI is InChI=1S/C18H30BrNO/c1-3-4-6-20(7-5-19)16(21)18-11-14-8-15(12-18)10-17(2,9-14)13-18/h14-15H,3-13H2,1-2H3. The van der Waals surface area contributed by atoms with Crippen LogP contribution in [0.3, 0.4) is 0 Å². The van der Waals surface area contributed by atoms with E-state index in [2.05, 4.69) is 34.7 Å². The summed E-state index contributed by atoms with van der Waals surface area (Å²) in [5.74, 6) is 2.16. The summed E-state index contributed by atoms with van der Waals surface area (Å²) < 4.78 is 0. The van der Waals surface area contributed by atoms with Gasteiger partial charge in [0, 0.05) is 18.4 Å². The lowest BCUT2D eigenvalue weighted by molar-refractivity contribution is -0.165. The number of carbonyl (C=O) groups is 1. The number of hydrogen-bond donors (Lipinski definition) is 0. The second kappa shape index (κ2) is 5.86. The Bertz CT molecular complexity index is 394. The molecule has 0 heterocycles.